The Hall–Kier alpha value is -3.26. The predicted octanol–water partition coefficient (Wildman–Crippen LogP) is 4.52. The fourth-order valence-corrected chi connectivity index (χ4v) is 4.29. The monoisotopic (exact) mass is 451 g/mol. The molecule has 0 aliphatic carbocycles. The summed E-state index contributed by atoms with van der Waals surface area (Å²) in [6.07, 6.45) is 4.59. The number of benzene rings is 1. The van der Waals surface area contributed by atoms with E-state index >= 15 is 0 Å². The topological polar surface area (TPSA) is 94.3 Å². The van der Waals surface area contributed by atoms with E-state index < -0.39 is 0 Å². The van der Waals surface area contributed by atoms with Gasteiger partial charge in [0.25, 0.3) is 0 Å². The minimum atomic E-state index is -0.0925. The summed E-state index contributed by atoms with van der Waals surface area (Å²) in [6.45, 7) is 6.44. The van der Waals surface area contributed by atoms with Crippen LogP contribution in [0.25, 0.3) is 22.5 Å². The number of imidazole rings is 1. The average molecular weight is 452 g/mol. The van der Waals surface area contributed by atoms with Crippen molar-refractivity contribution in [1.29, 1.82) is 0 Å². The summed E-state index contributed by atoms with van der Waals surface area (Å²) in [4.78, 5) is 17.7. The fourth-order valence-electron chi connectivity index (χ4n) is 3.83. The SMILES string of the molecule is CCCCc1c(Cl)n(C(C)C)c(=O)n1Cc1ccc(-c2ccccc2-c2nnn[nH]2)cn1. The number of unbranched alkanes of at least 4 members (excludes halogenated alkanes) is 1. The number of pyridine rings is 1. The zero-order valence-corrected chi connectivity index (χ0v) is 19.2. The van der Waals surface area contributed by atoms with Crippen molar-refractivity contribution in [1.82, 2.24) is 34.7 Å². The number of nitrogens with zero attached hydrogens (tertiary/aromatic N) is 6. The maximum atomic E-state index is 13.1. The number of H-pyrrole nitrogens is 1. The molecule has 0 aliphatic rings. The van der Waals surface area contributed by atoms with Crippen LogP contribution >= 0.6 is 11.6 Å². The molecule has 0 saturated carbocycles. The number of nitrogens with one attached hydrogen (secondary N) is 1. The van der Waals surface area contributed by atoms with Crippen LogP contribution in [0.5, 0.6) is 0 Å². The molecule has 166 valence electrons. The maximum absolute atomic E-state index is 13.1. The molecule has 4 aromatic rings. The van der Waals surface area contributed by atoms with Crippen LogP contribution in [0.15, 0.2) is 47.4 Å². The maximum Gasteiger partial charge on any atom is 0.330 e. The first-order valence-corrected chi connectivity index (χ1v) is 11.2. The second kappa shape index (κ2) is 9.48. The quantitative estimate of drug-likeness (QED) is 0.425. The molecule has 8 nitrogen and oxygen atoms in total. The van der Waals surface area contributed by atoms with Crippen LogP contribution < -0.4 is 5.69 Å². The van der Waals surface area contributed by atoms with Crippen LogP contribution in [0.4, 0.5) is 0 Å². The molecule has 0 radical (unpaired) electrons. The van der Waals surface area contributed by atoms with Crippen LogP contribution in [0.1, 0.15) is 51.0 Å². The van der Waals surface area contributed by atoms with E-state index in [1.807, 2.05) is 56.4 Å². The number of hydrogen-bond acceptors (Lipinski definition) is 5. The lowest BCUT2D eigenvalue weighted by molar-refractivity contribution is 0.559. The Labute approximate surface area is 191 Å². The van der Waals surface area contributed by atoms with Gasteiger partial charge in [0.1, 0.15) is 5.15 Å². The largest absolute Gasteiger partial charge is 0.330 e. The summed E-state index contributed by atoms with van der Waals surface area (Å²) < 4.78 is 3.41. The standard InChI is InChI=1S/C23H26ClN7O/c1-4-5-10-20-21(24)31(15(2)3)23(32)30(20)14-17-12-11-16(13-25-17)18-8-6-7-9-19(18)22-26-28-29-27-22/h6-9,11-13,15H,4-5,10,14H2,1-3H3,(H,26,27,28,29). The summed E-state index contributed by atoms with van der Waals surface area (Å²) in [5, 5.41) is 14.7. The smallest absolute Gasteiger partial charge is 0.289 e. The number of tetrazole rings is 1. The second-order valence-electron chi connectivity index (χ2n) is 8.01. The number of aromatic amines is 1. The lowest BCUT2D eigenvalue weighted by Crippen LogP contribution is -2.27. The number of hydrogen-bond donors (Lipinski definition) is 1. The van der Waals surface area contributed by atoms with Gasteiger partial charge in [0.15, 0.2) is 5.82 Å². The number of rotatable bonds is 8. The first-order valence-electron chi connectivity index (χ1n) is 10.8. The molecule has 0 unspecified atom stereocenters. The van der Waals surface area contributed by atoms with Crippen molar-refractivity contribution >= 4 is 11.6 Å². The summed E-state index contributed by atoms with van der Waals surface area (Å²) in [5.41, 5.74) is 4.39. The van der Waals surface area contributed by atoms with Crippen LogP contribution in [0.2, 0.25) is 5.15 Å². The van der Waals surface area contributed by atoms with Crippen molar-refractivity contribution in [3.63, 3.8) is 0 Å². The Morgan fingerprint density at radius 3 is 2.53 bits per heavy atom. The molecular formula is C23H26ClN7O. The Morgan fingerprint density at radius 1 is 1.12 bits per heavy atom. The Kier molecular flexibility index (Phi) is 6.50. The van der Waals surface area contributed by atoms with Crippen molar-refractivity contribution in [3.05, 3.63) is 69.6 Å². The van der Waals surface area contributed by atoms with E-state index in [1.165, 1.54) is 0 Å². The van der Waals surface area contributed by atoms with Crippen LogP contribution in [0.3, 0.4) is 0 Å². The van der Waals surface area contributed by atoms with E-state index in [-0.39, 0.29) is 11.7 Å². The summed E-state index contributed by atoms with van der Waals surface area (Å²) in [7, 11) is 0. The van der Waals surface area contributed by atoms with Crippen LogP contribution in [-0.4, -0.2) is 34.7 Å². The third-order valence-corrected chi connectivity index (χ3v) is 5.88. The Morgan fingerprint density at radius 2 is 1.91 bits per heavy atom. The van der Waals surface area contributed by atoms with E-state index in [0.29, 0.717) is 17.5 Å². The molecule has 0 aliphatic heterocycles. The van der Waals surface area contributed by atoms with Crippen LogP contribution in [0, 0.1) is 0 Å². The van der Waals surface area contributed by atoms with Crippen molar-refractivity contribution in [2.75, 3.05) is 0 Å². The van der Waals surface area contributed by atoms with Gasteiger partial charge in [-0.1, -0.05) is 55.3 Å². The number of halogens is 1. The zero-order valence-electron chi connectivity index (χ0n) is 18.4. The molecule has 0 saturated heterocycles. The van der Waals surface area contributed by atoms with Gasteiger partial charge in [0.2, 0.25) is 0 Å². The molecule has 0 bridgehead atoms. The third-order valence-electron chi connectivity index (χ3n) is 5.48. The zero-order chi connectivity index (χ0) is 22.7. The second-order valence-corrected chi connectivity index (χ2v) is 8.37. The first-order chi connectivity index (χ1) is 15.5. The van der Waals surface area contributed by atoms with Crippen molar-refractivity contribution in [3.8, 4) is 22.5 Å². The highest BCUT2D eigenvalue weighted by Gasteiger charge is 2.20. The van der Waals surface area contributed by atoms with Gasteiger partial charge in [0.05, 0.1) is 17.9 Å². The van der Waals surface area contributed by atoms with Gasteiger partial charge in [0, 0.05) is 23.4 Å². The first kappa shape index (κ1) is 22.0. The van der Waals surface area contributed by atoms with Gasteiger partial charge in [-0.2, -0.15) is 0 Å². The number of aromatic nitrogens is 7. The lowest BCUT2D eigenvalue weighted by Gasteiger charge is -2.09. The van der Waals surface area contributed by atoms with Gasteiger partial charge in [-0.3, -0.25) is 14.1 Å². The van der Waals surface area contributed by atoms with E-state index in [2.05, 4.69) is 32.5 Å². The molecule has 0 amide bonds. The van der Waals surface area contributed by atoms with Gasteiger partial charge >= 0.3 is 5.69 Å². The van der Waals surface area contributed by atoms with E-state index in [4.69, 9.17) is 11.6 Å². The molecule has 1 N–H and O–H groups in total. The highest BCUT2D eigenvalue weighted by atomic mass is 35.5. The molecule has 32 heavy (non-hydrogen) atoms. The van der Waals surface area contributed by atoms with Gasteiger partial charge in [-0.15, -0.1) is 5.10 Å². The van der Waals surface area contributed by atoms with E-state index in [0.717, 1.165) is 47.3 Å². The molecule has 3 heterocycles. The average Bonchev–Trinajstić information content (AvgIpc) is 3.40. The summed E-state index contributed by atoms with van der Waals surface area (Å²) >= 11 is 6.61. The molecule has 3 aromatic heterocycles. The molecule has 9 heteroatoms. The summed E-state index contributed by atoms with van der Waals surface area (Å²) in [6, 6.07) is 11.8. The van der Waals surface area contributed by atoms with Gasteiger partial charge < -0.3 is 0 Å². The highest BCUT2D eigenvalue weighted by Crippen LogP contribution is 2.29. The minimum Gasteiger partial charge on any atom is -0.289 e. The molecule has 1 aromatic carbocycles. The highest BCUT2D eigenvalue weighted by molar-refractivity contribution is 6.30. The fraction of sp³-hybridized carbons (Fsp3) is 0.348. The van der Waals surface area contributed by atoms with Crippen molar-refractivity contribution in [2.45, 2.75) is 52.6 Å². The van der Waals surface area contributed by atoms with Crippen molar-refractivity contribution < 1.29 is 0 Å². The van der Waals surface area contributed by atoms with Gasteiger partial charge in [-0.25, -0.2) is 9.89 Å². The molecule has 0 fully saturated rings. The Balaban J connectivity index is 1.66. The van der Waals surface area contributed by atoms with E-state index in [9.17, 15) is 4.79 Å². The summed E-state index contributed by atoms with van der Waals surface area (Å²) in [5.74, 6) is 0.599. The molecule has 0 spiro atoms. The van der Waals surface area contributed by atoms with Crippen LogP contribution in [-0.2, 0) is 13.0 Å². The Bertz CT molecular complexity index is 1240. The third kappa shape index (κ3) is 4.23. The molecule has 0 atom stereocenters. The van der Waals surface area contributed by atoms with Crippen molar-refractivity contribution in [2.24, 2.45) is 0 Å². The normalized spacial score (nSPS) is 11.4. The van der Waals surface area contributed by atoms with Gasteiger partial charge in [-0.05, 0) is 48.7 Å². The molecule has 4 rings (SSSR count). The lowest BCUT2D eigenvalue weighted by atomic mass is 10.0. The van der Waals surface area contributed by atoms with E-state index in [1.54, 1.807) is 9.13 Å². The molecular weight excluding hydrogens is 426 g/mol. The minimum absolute atomic E-state index is 0.00552. The predicted molar refractivity (Wildman–Crippen MR) is 125 cm³/mol.